The Bertz CT molecular complexity index is 177. The predicted octanol–water partition coefficient (Wildman–Crippen LogP) is 2.86. The third-order valence-electron chi connectivity index (χ3n) is 3.36. The van der Waals surface area contributed by atoms with Crippen LogP contribution < -0.4 is 0 Å². The van der Waals surface area contributed by atoms with E-state index in [0.717, 1.165) is 19.4 Å². The van der Waals surface area contributed by atoms with Crippen LogP contribution >= 0.6 is 11.8 Å². The Hall–Kier alpha value is 0.270. The van der Waals surface area contributed by atoms with Crippen LogP contribution in [0.3, 0.4) is 0 Å². The van der Waals surface area contributed by atoms with Crippen LogP contribution in [-0.2, 0) is 0 Å². The van der Waals surface area contributed by atoms with Gasteiger partial charge in [-0.15, -0.1) is 0 Å². The van der Waals surface area contributed by atoms with Crippen molar-refractivity contribution >= 4 is 11.8 Å². The van der Waals surface area contributed by atoms with Gasteiger partial charge in [-0.3, -0.25) is 0 Å². The largest absolute Gasteiger partial charge is 0.396 e. The Kier molecular flexibility index (Phi) is 8.52. The molecule has 0 aromatic carbocycles. The molecule has 0 aromatic heterocycles. The van der Waals surface area contributed by atoms with E-state index in [2.05, 4.69) is 39.0 Å². The van der Waals surface area contributed by atoms with Gasteiger partial charge in [-0.05, 0) is 38.8 Å². The van der Waals surface area contributed by atoms with E-state index in [4.69, 9.17) is 0 Å². The third-order valence-corrected chi connectivity index (χ3v) is 4.00. The molecule has 0 amide bonds. The fraction of sp³-hybridized carbons (Fsp3) is 1.00. The van der Waals surface area contributed by atoms with Crippen molar-refractivity contribution in [1.29, 1.82) is 0 Å². The molecular formula is C13H29NOS. The number of nitrogens with zero attached hydrogens (tertiary/aromatic N) is 1. The summed E-state index contributed by atoms with van der Waals surface area (Å²) in [5, 5.41) is 9.49. The van der Waals surface area contributed by atoms with Crippen LogP contribution in [0, 0.1) is 5.41 Å². The van der Waals surface area contributed by atoms with E-state index >= 15 is 0 Å². The molecule has 0 aliphatic heterocycles. The van der Waals surface area contributed by atoms with Crippen molar-refractivity contribution in [2.45, 2.75) is 46.1 Å². The zero-order valence-electron chi connectivity index (χ0n) is 11.6. The van der Waals surface area contributed by atoms with Crippen molar-refractivity contribution in [1.82, 2.24) is 4.90 Å². The number of rotatable bonds is 9. The van der Waals surface area contributed by atoms with Gasteiger partial charge in [0, 0.05) is 24.6 Å². The SMILES string of the molecule is CCCC(C)(CO)CN(C)C(C)CCSC. The summed E-state index contributed by atoms with van der Waals surface area (Å²) in [6.45, 7) is 7.94. The number of hydrogen-bond donors (Lipinski definition) is 1. The molecule has 0 rings (SSSR count). The second-order valence-electron chi connectivity index (χ2n) is 5.26. The zero-order chi connectivity index (χ0) is 12.6. The minimum Gasteiger partial charge on any atom is -0.396 e. The summed E-state index contributed by atoms with van der Waals surface area (Å²) in [6, 6.07) is 0.607. The highest BCUT2D eigenvalue weighted by atomic mass is 32.2. The summed E-state index contributed by atoms with van der Waals surface area (Å²) in [5.74, 6) is 1.22. The minimum absolute atomic E-state index is 0.0666. The molecule has 16 heavy (non-hydrogen) atoms. The topological polar surface area (TPSA) is 23.5 Å². The quantitative estimate of drug-likeness (QED) is 0.678. The van der Waals surface area contributed by atoms with Gasteiger partial charge in [0.25, 0.3) is 0 Å². The lowest BCUT2D eigenvalue weighted by molar-refractivity contribution is 0.0756. The summed E-state index contributed by atoms with van der Waals surface area (Å²) in [5.41, 5.74) is 0.0666. The third kappa shape index (κ3) is 6.12. The minimum atomic E-state index is 0.0666. The van der Waals surface area contributed by atoms with Crippen LogP contribution in [0.15, 0.2) is 0 Å². The molecule has 0 aliphatic carbocycles. The first-order chi connectivity index (χ1) is 7.49. The van der Waals surface area contributed by atoms with Crippen molar-refractivity contribution in [2.75, 3.05) is 32.2 Å². The lowest BCUT2D eigenvalue weighted by Crippen LogP contribution is -2.40. The Morgan fingerprint density at radius 2 is 2.06 bits per heavy atom. The maximum atomic E-state index is 9.49. The first kappa shape index (κ1) is 16.3. The Morgan fingerprint density at radius 1 is 1.44 bits per heavy atom. The van der Waals surface area contributed by atoms with Crippen LogP contribution in [0.1, 0.15) is 40.0 Å². The summed E-state index contributed by atoms with van der Waals surface area (Å²) in [4.78, 5) is 2.39. The summed E-state index contributed by atoms with van der Waals surface area (Å²) < 4.78 is 0. The standard InChI is InChI=1S/C13H29NOS/c1-6-8-13(3,11-15)10-14(4)12(2)7-9-16-5/h12,15H,6-11H2,1-5H3. The van der Waals surface area contributed by atoms with Crippen molar-refractivity contribution in [3.8, 4) is 0 Å². The van der Waals surface area contributed by atoms with Crippen molar-refractivity contribution in [2.24, 2.45) is 5.41 Å². The lowest BCUT2D eigenvalue weighted by atomic mass is 9.85. The molecule has 2 unspecified atom stereocenters. The van der Waals surface area contributed by atoms with Gasteiger partial charge in [-0.25, -0.2) is 0 Å². The fourth-order valence-corrected chi connectivity index (χ4v) is 2.66. The molecule has 0 aliphatic rings. The Morgan fingerprint density at radius 3 is 2.50 bits per heavy atom. The molecule has 0 heterocycles. The van der Waals surface area contributed by atoms with Gasteiger partial charge >= 0.3 is 0 Å². The molecule has 98 valence electrons. The smallest absolute Gasteiger partial charge is 0.0497 e. The molecule has 0 bridgehead atoms. The van der Waals surface area contributed by atoms with E-state index in [9.17, 15) is 5.11 Å². The number of hydrogen-bond acceptors (Lipinski definition) is 3. The molecule has 0 aromatic rings. The van der Waals surface area contributed by atoms with Gasteiger partial charge in [0.1, 0.15) is 0 Å². The van der Waals surface area contributed by atoms with Gasteiger partial charge in [-0.2, -0.15) is 11.8 Å². The number of thioether (sulfide) groups is 1. The Labute approximate surface area is 106 Å². The fourth-order valence-electron chi connectivity index (χ4n) is 2.08. The van der Waals surface area contributed by atoms with Gasteiger partial charge < -0.3 is 10.0 Å². The normalized spacial score (nSPS) is 17.4. The van der Waals surface area contributed by atoms with E-state index in [-0.39, 0.29) is 5.41 Å². The average molecular weight is 247 g/mol. The lowest BCUT2D eigenvalue weighted by Gasteiger charge is -2.35. The van der Waals surface area contributed by atoms with Crippen LogP contribution in [0.2, 0.25) is 0 Å². The van der Waals surface area contributed by atoms with Gasteiger partial charge in [0.2, 0.25) is 0 Å². The van der Waals surface area contributed by atoms with Gasteiger partial charge in [-0.1, -0.05) is 20.3 Å². The summed E-state index contributed by atoms with van der Waals surface area (Å²) in [7, 11) is 2.18. The molecule has 0 saturated carbocycles. The molecule has 0 spiro atoms. The molecule has 0 saturated heterocycles. The first-order valence-electron chi connectivity index (χ1n) is 6.29. The van der Waals surface area contributed by atoms with E-state index in [0.29, 0.717) is 12.6 Å². The predicted molar refractivity (Wildman–Crippen MR) is 75.2 cm³/mol. The van der Waals surface area contributed by atoms with E-state index in [1.807, 2.05) is 11.8 Å². The summed E-state index contributed by atoms with van der Waals surface area (Å²) >= 11 is 1.91. The Balaban J connectivity index is 4.12. The van der Waals surface area contributed by atoms with Crippen molar-refractivity contribution in [3.05, 3.63) is 0 Å². The molecule has 3 heteroatoms. The highest BCUT2D eigenvalue weighted by Crippen LogP contribution is 2.24. The van der Waals surface area contributed by atoms with E-state index in [1.54, 1.807) is 0 Å². The van der Waals surface area contributed by atoms with Crippen molar-refractivity contribution in [3.63, 3.8) is 0 Å². The average Bonchev–Trinajstić information content (AvgIpc) is 2.26. The molecule has 0 radical (unpaired) electrons. The first-order valence-corrected chi connectivity index (χ1v) is 7.68. The van der Waals surface area contributed by atoms with E-state index in [1.165, 1.54) is 12.2 Å². The molecular weight excluding hydrogens is 218 g/mol. The van der Waals surface area contributed by atoms with Crippen LogP contribution in [0.5, 0.6) is 0 Å². The van der Waals surface area contributed by atoms with Crippen molar-refractivity contribution < 1.29 is 5.11 Å². The maximum absolute atomic E-state index is 9.49. The number of aliphatic hydroxyl groups is 1. The van der Waals surface area contributed by atoms with Crippen LogP contribution in [-0.4, -0.2) is 48.3 Å². The molecule has 0 fully saturated rings. The molecule has 1 N–H and O–H groups in total. The van der Waals surface area contributed by atoms with E-state index < -0.39 is 0 Å². The highest BCUT2D eigenvalue weighted by molar-refractivity contribution is 7.98. The second kappa shape index (κ2) is 8.37. The van der Waals surface area contributed by atoms with Crippen LogP contribution in [0.25, 0.3) is 0 Å². The highest BCUT2D eigenvalue weighted by Gasteiger charge is 2.25. The summed E-state index contributed by atoms with van der Waals surface area (Å²) in [6.07, 6.45) is 5.63. The van der Waals surface area contributed by atoms with Gasteiger partial charge in [0.05, 0.1) is 0 Å². The van der Waals surface area contributed by atoms with Gasteiger partial charge in [0.15, 0.2) is 0 Å². The maximum Gasteiger partial charge on any atom is 0.0497 e. The number of aliphatic hydroxyl groups excluding tert-OH is 1. The zero-order valence-corrected chi connectivity index (χ0v) is 12.4. The monoisotopic (exact) mass is 247 g/mol. The molecule has 2 atom stereocenters. The molecule has 2 nitrogen and oxygen atoms in total. The van der Waals surface area contributed by atoms with Crippen LogP contribution in [0.4, 0.5) is 0 Å². The second-order valence-corrected chi connectivity index (χ2v) is 6.25.